The van der Waals surface area contributed by atoms with Crippen LogP contribution in [0.5, 0.6) is 0 Å². The lowest BCUT2D eigenvalue weighted by molar-refractivity contribution is 0.435. The zero-order chi connectivity index (χ0) is 14.1. The van der Waals surface area contributed by atoms with Gasteiger partial charge in [0.2, 0.25) is 0 Å². The second-order valence-electron chi connectivity index (χ2n) is 3.80. The fraction of sp³-hybridized carbons (Fsp3) is 0.353. The van der Waals surface area contributed by atoms with Crippen molar-refractivity contribution < 1.29 is 5.11 Å². The maximum Gasteiger partial charge on any atom is 0.108 e. The number of aliphatic hydroxyl groups is 1. The Kier molecular flexibility index (Phi) is 10.4. The van der Waals surface area contributed by atoms with E-state index in [0.717, 1.165) is 22.5 Å². The second-order valence-corrected chi connectivity index (χ2v) is 3.80. The van der Waals surface area contributed by atoms with Crippen molar-refractivity contribution >= 4 is 11.4 Å². The van der Waals surface area contributed by atoms with Crippen LogP contribution in [0.3, 0.4) is 0 Å². The van der Waals surface area contributed by atoms with Gasteiger partial charge in [-0.3, -0.25) is 4.99 Å². The molecule has 106 valence electrons. The average Bonchev–Trinajstić information content (AvgIpc) is 2.33. The summed E-state index contributed by atoms with van der Waals surface area (Å²) in [5.41, 5.74) is 3.88. The molecule has 2 nitrogen and oxygen atoms in total. The van der Waals surface area contributed by atoms with E-state index < -0.39 is 0 Å². The first-order valence-electron chi connectivity index (χ1n) is 6.18. The van der Waals surface area contributed by atoms with Crippen LogP contribution in [0.2, 0.25) is 0 Å². The lowest BCUT2D eigenvalue weighted by Gasteiger charge is -2.03. The van der Waals surface area contributed by atoms with Crippen LogP contribution in [-0.2, 0) is 0 Å². The number of hydrogen-bond acceptors (Lipinski definition) is 2. The molecule has 19 heavy (non-hydrogen) atoms. The standard InChI is InChI=1S/C14H17NO.C2H6.CH4/c1-10-7-5-6-8-14(10)15-13(4)11(2)9-12(3)16;1-2;/h5-9,16H,3H2,1-2,4H3;1-2H3;1H4/b11-9+,15-13?;;. The minimum atomic E-state index is 0. The molecule has 0 spiro atoms. The van der Waals surface area contributed by atoms with Crippen LogP contribution < -0.4 is 0 Å². The molecule has 0 aliphatic rings. The average molecular weight is 261 g/mol. The van der Waals surface area contributed by atoms with Crippen LogP contribution >= 0.6 is 0 Å². The molecule has 0 saturated carbocycles. The molecule has 1 aromatic carbocycles. The van der Waals surface area contributed by atoms with Gasteiger partial charge >= 0.3 is 0 Å². The van der Waals surface area contributed by atoms with E-state index in [2.05, 4.69) is 11.6 Å². The van der Waals surface area contributed by atoms with Crippen LogP contribution in [0, 0.1) is 6.92 Å². The molecule has 2 heteroatoms. The van der Waals surface area contributed by atoms with Crippen molar-refractivity contribution in [2.24, 2.45) is 4.99 Å². The Labute approximate surface area is 118 Å². The van der Waals surface area contributed by atoms with Gasteiger partial charge in [0, 0.05) is 5.71 Å². The number of hydrogen-bond donors (Lipinski definition) is 1. The predicted molar refractivity (Wildman–Crippen MR) is 87.6 cm³/mol. The molecule has 0 heterocycles. The Morgan fingerprint density at radius 3 is 2.21 bits per heavy atom. The normalized spacial score (nSPS) is 11.0. The van der Waals surface area contributed by atoms with Crippen molar-refractivity contribution in [3.05, 3.63) is 53.8 Å². The fourth-order valence-corrected chi connectivity index (χ4v) is 1.31. The molecule has 0 bridgehead atoms. The van der Waals surface area contributed by atoms with Gasteiger partial charge in [-0.15, -0.1) is 0 Å². The highest BCUT2D eigenvalue weighted by atomic mass is 16.3. The Bertz CT molecular complexity index is 456. The number of rotatable bonds is 3. The molecule has 0 radical (unpaired) electrons. The Hall–Kier alpha value is -1.83. The Morgan fingerprint density at radius 2 is 1.74 bits per heavy atom. The van der Waals surface area contributed by atoms with Crippen molar-refractivity contribution in [2.75, 3.05) is 0 Å². The van der Waals surface area contributed by atoms with Crippen molar-refractivity contribution in [3.63, 3.8) is 0 Å². The van der Waals surface area contributed by atoms with Gasteiger partial charge in [-0.25, -0.2) is 0 Å². The number of nitrogens with zero attached hydrogens (tertiary/aromatic N) is 1. The number of aryl methyl sites for hydroxylation is 1. The zero-order valence-electron chi connectivity index (χ0n) is 12.0. The molecule has 0 amide bonds. The highest BCUT2D eigenvalue weighted by Gasteiger charge is 1.98. The Balaban J connectivity index is 0. The summed E-state index contributed by atoms with van der Waals surface area (Å²) in [6.45, 7) is 13.3. The van der Waals surface area contributed by atoms with Gasteiger partial charge in [-0.1, -0.05) is 46.1 Å². The minimum absolute atomic E-state index is 0. The zero-order valence-corrected chi connectivity index (χ0v) is 12.0. The van der Waals surface area contributed by atoms with Crippen molar-refractivity contribution in [2.45, 2.75) is 42.0 Å². The second kappa shape index (κ2) is 10.1. The van der Waals surface area contributed by atoms with Crippen LogP contribution in [0.1, 0.15) is 40.7 Å². The predicted octanol–water partition coefficient (Wildman–Crippen LogP) is 5.77. The molecular weight excluding hydrogens is 234 g/mol. The summed E-state index contributed by atoms with van der Waals surface area (Å²) in [7, 11) is 0. The van der Waals surface area contributed by atoms with Gasteiger partial charge in [-0.2, -0.15) is 0 Å². The summed E-state index contributed by atoms with van der Waals surface area (Å²) in [6, 6.07) is 7.95. The first-order valence-corrected chi connectivity index (χ1v) is 6.18. The van der Waals surface area contributed by atoms with Crippen LogP contribution in [0.25, 0.3) is 0 Å². The molecule has 0 atom stereocenters. The van der Waals surface area contributed by atoms with E-state index >= 15 is 0 Å². The minimum Gasteiger partial charge on any atom is -0.509 e. The Morgan fingerprint density at radius 1 is 1.21 bits per heavy atom. The van der Waals surface area contributed by atoms with Gasteiger partial charge < -0.3 is 5.11 Å². The van der Waals surface area contributed by atoms with Crippen LogP contribution in [0.15, 0.2) is 53.2 Å². The number of allylic oxidation sites excluding steroid dienone is 2. The molecule has 1 aromatic rings. The van der Waals surface area contributed by atoms with E-state index in [1.54, 1.807) is 6.08 Å². The summed E-state index contributed by atoms with van der Waals surface area (Å²) < 4.78 is 0. The van der Waals surface area contributed by atoms with Gasteiger partial charge in [-0.05, 0) is 44.1 Å². The van der Waals surface area contributed by atoms with Crippen molar-refractivity contribution in [1.82, 2.24) is 0 Å². The third kappa shape index (κ3) is 7.24. The summed E-state index contributed by atoms with van der Waals surface area (Å²) in [4.78, 5) is 4.51. The lowest BCUT2D eigenvalue weighted by atomic mass is 10.1. The fourth-order valence-electron chi connectivity index (χ4n) is 1.31. The number of aliphatic imine (C=N–C) groups is 1. The quantitative estimate of drug-likeness (QED) is 0.418. The maximum absolute atomic E-state index is 9.07. The smallest absolute Gasteiger partial charge is 0.108 e. The van der Waals surface area contributed by atoms with Gasteiger partial charge in [0.15, 0.2) is 0 Å². The first-order chi connectivity index (χ1) is 8.50. The van der Waals surface area contributed by atoms with E-state index in [4.69, 9.17) is 5.11 Å². The molecular formula is C17H27NO. The number of para-hydroxylation sites is 1. The first kappa shape index (κ1) is 19.5. The third-order valence-electron chi connectivity index (χ3n) is 2.36. The monoisotopic (exact) mass is 261 g/mol. The van der Waals surface area contributed by atoms with Gasteiger partial charge in [0.05, 0.1) is 5.69 Å². The summed E-state index contributed by atoms with van der Waals surface area (Å²) >= 11 is 0. The van der Waals surface area contributed by atoms with Crippen molar-refractivity contribution in [1.29, 1.82) is 0 Å². The highest BCUT2D eigenvalue weighted by Crippen LogP contribution is 2.18. The molecule has 0 unspecified atom stereocenters. The molecule has 0 aromatic heterocycles. The van der Waals surface area contributed by atoms with Crippen LogP contribution in [-0.4, -0.2) is 10.8 Å². The van der Waals surface area contributed by atoms with E-state index in [1.165, 1.54) is 0 Å². The molecule has 0 fully saturated rings. The summed E-state index contributed by atoms with van der Waals surface area (Å²) in [5, 5.41) is 9.07. The largest absolute Gasteiger partial charge is 0.509 e. The molecule has 0 aliphatic carbocycles. The lowest BCUT2D eigenvalue weighted by Crippen LogP contribution is -1.93. The maximum atomic E-state index is 9.07. The molecule has 1 N–H and O–H groups in total. The van der Waals surface area contributed by atoms with E-state index in [9.17, 15) is 0 Å². The van der Waals surface area contributed by atoms with Crippen molar-refractivity contribution in [3.8, 4) is 0 Å². The third-order valence-corrected chi connectivity index (χ3v) is 2.36. The number of benzene rings is 1. The topological polar surface area (TPSA) is 32.6 Å². The molecule has 1 rings (SSSR count). The summed E-state index contributed by atoms with van der Waals surface area (Å²) in [6.07, 6.45) is 1.61. The van der Waals surface area contributed by atoms with E-state index in [-0.39, 0.29) is 13.2 Å². The van der Waals surface area contributed by atoms with Gasteiger partial charge in [0.1, 0.15) is 5.76 Å². The highest BCUT2D eigenvalue weighted by molar-refractivity contribution is 5.99. The van der Waals surface area contributed by atoms with Gasteiger partial charge in [0.25, 0.3) is 0 Å². The van der Waals surface area contributed by atoms with E-state index in [1.807, 2.05) is 58.9 Å². The van der Waals surface area contributed by atoms with Crippen LogP contribution in [0.4, 0.5) is 5.69 Å². The molecule has 0 aliphatic heterocycles. The van der Waals surface area contributed by atoms with E-state index in [0.29, 0.717) is 0 Å². The summed E-state index contributed by atoms with van der Waals surface area (Å²) in [5.74, 6) is 0.0526. The SMILES string of the molecule is C.C=C(O)/C=C(\C)C(C)=Nc1ccccc1C.CC. The molecule has 0 saturated heterocycles. The number of aliphatic hydroxyl groups excluding tert-OH is 1.